The van der Waals surface area contributed by atoms with Crippen LogP contribution in [0.1, 0.15) is 22.3 Å². The minimum Gasteiger partial charge on any atom is -0.248 e. The summed E-state index contributed by atoms with van der Waals surface area (Å²) in [4.78, 5) is 5.35. The van der Waals surface area contributed by atoms with Crippen molar-refractivity contribution in [1.82, 2.24) is 4.98 Å². The second-order valence-corrected chi connectivity index (χ2v) is 12.6. The summed E-state index contributed by atoms with van der Waals surface area (Å²) in [6.45, 7) is 0. The van der Waals surface area contributed by atoms with Crippen molar-refractivity contribution in [2.24, 2.45) is 0 Å². The first kappa shape index (κ1) is 26.2. The molecule has 0 saturated carbocycles. The van der Waals surface area contributed by atoms with Crippen molar-refractivity contribution in [3.8, 4) is 55.8 Å². The Morgan fingerprint density at radius 1 is 0.340 bits per heavy atom. The molecular weight excluding hydrogens is 567 g/mol. The van der Waals surface area contributed by atoms with E-state index in [2.05, 4.69) is 176 Å². The zero-order chi connectivity index (χ0) is 31.0. The Morgan fingerprint density at radius 2 is 0.851 bits per heavy atom. The highest BCUT2D eigenvalue weighted by molar-refractivity contribution is 6.02. The van der Waals surface area contributed by atoms with Gasteiger partial charge >= 0.3 is 0 Å². The maximum atomic E-state index is 5.35. The minimum absolute atomic E-state index is 0.373. The molecule has 218 valence electrons. The van der Waals surface area contributed by atoms with Crippen LogP contribution in [0.5, 0.6) is 0 Å². The lowest BCUT2D eigenvalue weighted by Gasteiger charge is -2.30. The van der Waals surface area contributed by atoms with Crippen LogP contribution in [-0.2, 0) is 5.41 Å². The fourth-order valence-electron chi connectivity index (χ4n) is 8.38. The van der Waals surface area contributed by atoms with Crippen LogP contribution in [0, 0.1) is 0 Å². The van der Waals surface area contributed by atoms with E-state index in [0.717, 1.165) is 16.6 Å². The molecule has 7 aromatic carbocycles. The van der Waals surface area contributed by atoms with Crippen LogP contribution >= 0.6 is 0 Å². The normalized spacial score (nSPS) is 13.3. The van der Waals surface area contributed by atoms with Gasteiger partial charge in [-0.2, -0.15) is 0 Å². The van der Waals surface area contributed by atoms with Crippen molar-refractivity contribution in [1.29, 1.82) is 0 Å². The highest BCUT2D eigenvalue weighted by Gasteiger charge is 2.52. The molecule has 0 aliphatic heterocycles. The summed E-state index contributed by atoms with van der Waals surface area (Å²) >= 11 is 0. The number of fused-ring (bicyclic) bond motifs is 11. The number of nitrogens with zero attached hydrogens (tertiary/aromatic N) is 1. The highest BCUT2D eigenvalue weighted by atomic mass is 14.7. The molecular formula is C46H29N. The fourth-order valence-corrected chi connectivity index (χ4v) is 8.38. The quantitative estimate of drug-likeness (QED) is 0.198. The average Bonchev–Trinajstić information content (AvgIpc) is 3.62. The second-order valence-electron chi connectivity index (χ2n) is 12.6. The summed E-state index contributed by atoms with van der Waals surface area (Å²) in [7, 11) is 0. The number of hydrogen-bond donors (Lipinski definition) is 0. The molecule has 1 heterocycles. The first-order valence-electron chi connectivity index (χ1n) is 16.3. The smallest absolute Gasteiger partial charge is 0.0725 e. The van der Waals surface area contributed by atoms with E-state index in [1.165, 1.54) is 72.3 Å². The third-order valence-corrected chi connectivity index (χ3v) is 10.3. The van der Waals surface area contributed by atoms with Gasteiger partial charge < -0.3 is 0 Å². The molecule has 1 spiro atoms. The van der Waals surface area contributed by atoms with Crippen LogP contribution in [-0.4, -0.2) is 4.98 Å². The number of aromatic nitrogens is 1. The van der Waals surface area contributed by atoms with E-state index in [4.69, 9.17) is 4.98 Å². The third kappa shape index (κ3) is 3.63. The summed E-state index contributed by atoms with van der Waals surface area (Å²) in [5.74, 6) is 0. The van der Waals surface area contributed by atoms with Crippen molar-refractivity contribution in [2.75, 3.05) is 0 Å². The van der Waals surface area contributed by atoms with Gasteiger partial charge in [0, 0.05) is 10.9 Å². The van der Waals surface area contributed by atoms with Crippen LogP contribution in [0.15, 0.2) is 176 Å². The summed E-state index contributed by atoms with van der Waals surface area (Å²) in [6.07, 6.45) is 0. The second kappa shape index (κ2) is 9.97. The molecule has 0 unspecified atom stereocenters. The summed E-state index contributed by atoms with van der Waals surface area (Å²) in [5, 5.41) is 1.16. The van der Waals surface area contributed by atoms with Gasteiger partial charge in [-0.15, -0.1) is 0 Å². The molecule has 0 N–H and O–H groups in total. The number of hydrogen-bond acceptors (Lipinski definition) is 1. The van der Waals surface area contributed by atoms with E-state index in [-0.39, 0.29) is 5.41 Å². The maximum Gasteiger partial charge on any atom is 0.0725 e. The van der Waals surface area contributed by atoms with Gasteiger partial charge in [-0.05, 0) is 78.9 Å². The summed E-state index contributed by atoms with van der Waals surface area (Å²) in [5.41, 5.74) is 18.2. The molecule has 2 aliphatic carbocycles. The maximum absolute atomic E-state index is 5.35. The molecule has 1 heteroatoms. The van der Waals surface area contributed by atoms with Crippen molar-refractivity contribution < 1.29 is 0 Å². The van der Waals surface area contributed by atoms with Crippen molar-refractivity contribution >= 4 is 10.9 Å². The molecule has 8 aromatic rings. The monoisotopic (exact) mass is 595 g/mol. The average molecular weight is 596 g/mol. The highest BCUT2D eigenvalue weighted by Crippen LogP contribution is 2.63. The van der Waals surface area contributed by atoms with Crippen LogP contribution in [0.3, 0.4) is 0 Å². The van der Waals surface area contributed by atoms with Gasteiger partial charge in [0.15, 0.2) is 0 Å². The molecule has 1 nitrogen and oxygen atoms in total. The van der Waals surface area contributed by atoms with E-state index in [1.807, 2.05) is 0 Å². The lowest BCUT2D eigenvalue weighted by molar-refractivity contribution is 0.794. The van der Waals surface area contributed by atoms with Gasteiger partial charge in [-0.1, -0.05) is 164 Å². The predicted octanol–water partition coefficient (Wildman–Crippen LogP) is 11.6. The standard InChI is InChI=1S/C46H29N/c1-2-13-30(14-3-1)31-25-27-32(28-26-31)38-29-44(47-43-24-11-7-17-35(38)43)37-19-12-23-42-45(37)36-18-6-10-22-41(36)46(42)39-20-8-4-15-33(39)34-16-5-9-21-40(34)46/h1-29H. The van der Waals surface area contributed by atoms with Gasteiger partial charge in [-0.25, -0.2) is 4.98 Å². The molecule has 0 bridgehead atoms. The molecule has 1 aromatic heterocycles. The van der Waals surface area contributed by atoms with E-state index in [0.29, 0.717) is 0 Å². The van der Waals surface area contributed by atoms with E-state index >= 15 is 0 Å². The Bertz CT molecular complexity index is 2460. The molecule has 47 heavy (non-hydrogen) atoms. The zero-order valence-electron chi connectivity index (χ0n) is 25.7. The van der Waals surface area contributed by atoms with Gasteiger partial charge in [0.1, 0.15) is 0 Å². The number of para-hydroxylation sites is 1. The summed E-state index contributed by atoms with van der Waals surface area (Å²) < 4.78 is 0. The third-order valence-electron chi connectivity index (χ3n) is 10.3. The Hall–Kier alpha value is -6.05. The molecule has 0 radical (unpaired) electrons. The molecule has 0 saturated heterocycles. The Morgan fingerprint density at radius 3 is 1.57 bits per heavy atom. The van der Waals surface area contributed by atoms with Gasteiger partial charge in [0.05, 0.1) is 16.6 Å². The van der Waals surface area contributed by atoms with Gasteiger partial charge in [0.2, 0.25) is 0 Å². The first-order valence-corrected chi connectivity index (χ1v) is 16.3. The Balaban J connectivity index is 1.23. The SMILES string of the molecule is c1ccc(-c2ccc(-c3cc(-c4cccc5c4-c4ccccc4C54c5ccccc5-c5ccccc54)nc4ccccc34)cc2)cc1. The van der Waals surface area contributed by atoms with Crippen LogP contribution < -0.4 is 0 Å². The van der Waals surface area contributed by atoms with E-state index in [1.54, 1.807) is 0 Å². The molecule has 0 amide bonds. The number of pyridine rings is 1. The van der Waals surface area contributed by atoms with Gasteiger partial charge in [-0.3, -0.25) is 0 Å². The molecule has 0 atom stereocenters. The zero-order valence-corrected chi connectivity index (χ0v) is 25.7. The van der Waals surface area contributed by atoms with Crippen molar-refractivity contribution in [3.05, 3.63) is 198 Å². The number of rotatable bonds is 3. The fraction of sp³-hybridized carbons (Fsp3) is 0.0217. The first-order chi connectivity index (χ1) is 23.3. The van der Waals surface area contributed by atoms with Crippen molar-refractivity contribution in [3.63, 3.8) is 0 Å². The van der Waals surface area contributed by atoms with Crippen LogP contribution in [0.2, 0.25) is 0 Å². The molecule has 2 aliphatic rings. The largest absolute Gasteiger partial charge is 0.248 e. The Labute approximate surface area is 274 Å². The van der Waals surface area contributed by atoms with Gasteiger partial charge in [0.25, 0.3) is 0 Å². The molecule has 0 fully saturated rings. The van der Waals surface area contributed by atoms with E-state index in [9.17, 15) is 0 Å². The lowest BCUT2D eigenvalue weighted by atomic mass is 9.70. The number of benzene rings is 7. The van der Waals surface area contributed by atoms with E-state index < -0.39 is 0 Å². The predicted molar refractivity (Wildman–Crippen MR) is 194 cm³/mol. The topological polar surface area (TPSA) is 12.9 Å². The lowest BCUT2D eigenvalue weighted by Crippen LogP contribution is -2.25. The van der Waals surface area contributed by atoms with Crippen LogP contribution in [0.4, 0.5) is 0 Å². The Kier molecular flexibility index (Phi) is 5.56. The van der Waals surface area contributed by atoms with Crippen LogP contribution in [0.25, 0.3) is 66.7 Å². The molecule has 10 rings (SSSR count). The minimum atomic E-state index is -0.373. The van der Waals surface area contributed by atoms with Crippen molar-refractivity contribution in [2.45, 2.75) is 5.41 Å². The summed E-state index contributed by atoms with van der Waals surface area (Å²) in [6, 6.07) is 64.2.